The van der Waals surface area contributed by atoms with Crippen LogP contribution in [0.2, 0.25) is 0 Å². The fourth-order valence-corrected chi connectivity index (χ4v) is 1.30. The number of methoxy groups -OCH3 is 1. The van der Waals surface area contributed by atoms with Gasteiger partial charge in [-0.1, -0.05) is 6.07 Å². The molecule has 0 aliphatic heterocycles. The van der Waals surface area contributed by atoms with E-state index in [1.54, 1.807) is 0 Å². The molecule has 8 heteroatoms. The first kappa shape index (κ1) is 16.2. The molecule has 0 N–H and O–H groups in total. The summed E-state index contributed by atoms with van der Waals surface area (Å²) in [5.41, 5.74) is 0.538. The van der Waals surface area contributed by atoms with Crippen LogP contribution in [0.15, 0.2) is 18.2 Å². The van der Waals surface area contributed by atoms with Gasteiger partial charge in [0.1, 0.15) is 18.4 Å². The van der Waals surface area contributed by atoms with Crippen LogP contribution in [0.3, 0.4) is 0 Å². The molecular formula is C12H10F5NO2. The molecule has 0 saturated carbocycles. The average Bonchev–Trinajstić information content (AvgIpc) is 2.37. The standard InChI is InChI=1S/C12H10F5NO2/c1-19-10-4-8(2-3-9(10)5-18)6-20-7-11(13,14)12(15,16)17/h2-4H,6-7H2,1H3. The second kappa shape index (κ2) is 6.05. The van der Waals surface area contributed by atoms with Gasteiger partial charge in [-0.25, -0.2) is 0 Å². The second-order valence-corrected chi connectivity index (χ2v) is 3.84. The van der Waals surface area contributed by atoms with Crippen molar-refractivity contribution in [3.05, 3.63) is 29.3 Å². The fourth-order valence-electron chi connectivity index (χ4n) is 1.30. The number of nitriles is 1. The zero-order chi connectivity index (χ0) is 15.4. The van der Waals surface area contributed by atoms with Crippen LogP contribution in [-0.4, -0.2) is 25.8 Å². The minimum absolute atomic E-state index is 0.191. The molecule has 110 valence electrons. The van der Waals surface area contributed by atoms with Gasteiger partial charge in [-0.05, 0) is 17.7 Å². The van der Waals surface area contributed by atoms with Gasteiger partial charge in [-0.2, -0.15) is 27.2 Å². The lowest BCUT2D eigenvalue weighted by molar-refractivity contribution is -0.297. The number of nitrogens with zero attached hydrogens (tertiary/aromatic N) is 1. The van der Waals surface area contributed by atoms with Crippen molar-refractivity contribution < 1.29 is 31.4 Å². The smallest absolute Gasteiger partial charge is 0.455 e. The maximum Gasteiger partial charge on any atom is 0.455 e. The predicted molar refractivity (Wildman–Crippen MR) is 58.4 cm³/mol. The van der Waals surface area contributed by atoms with E-state index in [-0.39, 0.29) is 11.3 Å². The zero-order valence-corrected chi connectivity index (χ0v) is 10.3. The molecule has 0 atom stereocenters. The molecule has 0 aliphatic rings. The third kappa shape index (κ3) is 3.81. The van der Waals surface area contributed by atoms with Crippen LogP contribution in [0.4, 0.5) is 22.0 Å². The molecule has 0 spiro atoms. The number of hydrogen-bond acceptors (Lipinski definition) is 3. The van der Waals surface area contributed by atoms with Crippen molar-refractivity contribution in [3.8, 4) is 11.8 Å². The lowest BCUT2D eigenvalue weighted by Crippen LogP contribution is -2.40. The predicted octanol–water partition coefficient (Wildman–Crippen LogP) is 3.28. The second-order valence-electron chi connectivity index (χ2n) is 3.84. The first-order valence-electron chi connectivity index (χ1n) is 5.30. The summed E-state index contributed by atoms with van der Waals surface area (Å²) in [5, 5.41) is 8.73. The molecule has 1 aromatic rings. The highest BCUT2D eigenvalue weighted by Crippen LogP contribution is 2.35. The van der Waals surface area contributed by atoms with Crippen molar-refractivity contribution >= 4 is 0 Å². The van der Waals surface area contributed by atoms with Gasteiger partial charge < -0.3 is 9.47 Å². The van der Waals surface area contributed by atoms with E-state index in [0.29, 0.717) is 5.56 Å². The summed E-state index contributed by atoms with van der Waals surface area (Å²) in [6.07, 6.45) is -5.64. The highest BCUT2D eigenvalue weighted by molar-refractivity contribution is 5.45. The number of alkyl halides is 5. The molecule has 0 fully saturated rings. The van der Waals surface area contributed by atoms with E-state index in [4.69, 9.17) is 10.00 Å². The SMILES string of the molecule is COc1cc(COCC(F)(F)C(F)(F)F)ccc1C#N. The first-order chi connectivity index (χ1) is 9.21. The number of ether oxygens (including phenoxy) is 2. The average molecular weight is 295 g/mol. The van der Waals surface area contributed by atoms with Gasteiger partial charge in [-0.15, -0.1) is 0 Å². The Morgan fingerprint density at radius 3 is 2.35 bits per heavy atom. The van der Waals surface area contributed by atoms with E-state index in [2.05, 4.69) is 4.74 Å². The molecule has 0 saturated heterocycles. The molecule has 0 radical (unpaired) electrons. The maximum absolute atomic E-state index is 12.6. The largest absolute Gasteiger partial charge is 0.495 e. The summed E-state index contributed by atoms with van der Waals surface area (Å²) >= 11 is 0. The Labute approximate surface area is 111 Å². The summed E-state index contributed by atoms with van der Waals surface area (Å²) in [7, 11) is 1.30. The van der Waals surface area contributed by atoms with Gasteiger partial charge in [0, 0.05) is 0 Å². The van der Waals surface area contributed by atoms with E-state index >= 15 is 0 Å². The zero-order valence-electron chi connectivity index (χ0n) is 10.3. The van der Waals surface area contributed by atoms with E-state index < -0.39 is 25.3 Å². The van der Waals surface area contributed by atoms with Crippen LogP contribution >= 0.6 is 0 Å². The van der Waals surface area contributed by atoms with Crippen LogP contribution in [0.25, 0.3) is 0 Å². The monoisotopic (exact) mass is 295 g/mol. The Kier molecular flexibility index (Phi) is 4.89. The van der Waals surface area contributed by atoms with Gasteiger partial charge in [0.05, 0.1) is 19.3 Å². The molecule has 0 aromatic heterocycles. The van der Waals surface area contributed by atoms with Gasteiger partial charge in [-0.3, -0.25) is 0 Å². The Hall–Kier alpha value is -1.88. The minimum Gasteiger partial charge on any atom is -0.495 e. The normalized spacial score (nSPS) is 12.1. The lowest BCUT2D eigenvalue weighted by Gasteiger charge is -2.19. The third-order valence-corrected chi connectivity index (χ3v) is 2.35. The van der Waals surface area contributed by atoms with Crippen molar-refractivity contribution in [1.29, 1.82) is 5.26 Å². The number of benzene rings is 1. The lowest BCUT2D eigenvalue weighted by atomic mass is 10.1. The minimum atomic E-state index is -5.64. The summed E-state index contributed by atoms with van der Waals surface area (Å²) in [5.74, 6) is -4.71. The Morgan fingerprint density at radius 1 is 1.20 bits per heavy atom. The van der Waals surface area contributed by atoms with Crippen LogP contribution in [0.5, 0.6) is 5.75 Å². The Morgan fingerprint density at radius 2 is 1.85 bits per heavy atom. The molecule has 0 bridgehead atoms. The van der Waals surface area contributed by atoms with Crippen LogP contribution < -0.4 is 4.74 Å². The number of hydrogen-bond donors (Lipinski definition) is 0. The van der Waals surface area contributed by atoms with Crippen LogP contribution in [0.1, 0.15) is 11.1 Å². The van der Waals surface area contributed by atoms with E-state index in [0.717, 1.165) is 0 Å². The maximum atomic E-state index is 12.6. The number of halogens is 5. The van der Waals surface area contributed by atoms with Gasteiger partial charge in [0.25, 0.3) is 0 Å². The number of rotatable bonds is 5. The Balaban J connectivity index is 2.66. The summed E-state index contributed by atoms with van der Waals surface area (Å²) in [4.78, 5) is 0. The molecule has 1 aromatic carbocycles. The van der Waals surface area contributed by atoms with Crippen molar-refractivity contribution in [2.45, 2.75) is 18.7 Å². The summed E-state index contributed by atoms with van der Waals surface area (Å²) < 4.78 is 70.1. The molecular weight excluding hydrogens is 285 g/mol. The van der Waals surface area contributed by atoms with Crippen molar-refractivity contribution in [2.24, 2.45) is 0 Å². The fraction of sp³-hybridized carbons (Fsp3) is 0.417. The topological polar surface area (TPSA) is 42.2 Å². The third-order valence-electron chi connectivity index (χ3n) is 2.35. The molecule has 0 heterocycles. The van der Waals surface area contributed by atoms with E-state index in [1.807, 2.05) is 6.07 Å². The molecule has 1 rings (SSSR count). The van der Waals surface area contributed by atoms with Crippen molar-refractivity contribution in [1.82, 2.24) is 0 Å². The quantitative estimate of drug-likeness (QED) is 0.783. The highest BCUT2D eigenvalue weighted by atomic mass is 19.4. The van der Waals surface area contributed by atoms with E-state index in [9.17, 15) is 22.0 Å². The summed E-state index contributed by atoms with van der Waals surface area (Å²) in [6, 6.07) is 5.92. The van der Waals surface area contributed by atoms with Gasteiger partial charge in [0.15, 0.2) is 0 Å². The molecule has 0 unspecified atom stereocenters. The van der Waals surface area contributed by atoms with Gasteiger partial charge >= 0.3 is 12.1 Å². The molecule has 20 heavy (non-hydrogen) atoms. The highest BCUT2D eigenvalue weighted by Gasteiger charge is 2.57. The molecule has 0 aliphatic carbocycles. The van der Waals surface area contributed by atoms with Crippen molar-refractivity contribution in [2.75, 3.05) is 13.7 Å². The van der Waals surface area contributed by atoms with Gasteiger partial charge in [0.2, 0.25) is 0 Å². The first-order valence-corrected chi connectivity index (χ1v) is 5.30. The Bertz CT molecular complexity index is 508. The summed E-state index contributed by atoms with van der Waals surface area (Å²) in [6.45, 7) is -2.22. The van der Waals surface area contributed by atoms with Crippen molar-refractivity contribution in [3.63, 3.8) is 0 Å². The van der Waals surface area contributed by atoms with Crippen LogP contribution in [0, 0.1) is 11.3 Å². The molecule has 3 nitrogen and oxygen atoms in total. The van der Waals surface area contributed by atoms with Crippen LogP contribution in [-0.2, 0) is 11.3 Å². The molecule has 0 amide bonds. The van der Waals surface area contributed by atoms with E-state index in [1.165, 1.54) is 25.3 Å².